The van der Waals surface area contributed by atoms with Gasteiger partial charge >= 0.3 is 0 Å². The summed E-state index contributed by atoms with van der Waals surface area (Å²) in [5.41, 5.74) is 0. The molecule has 0 aliphatic rings. The third-order valence-corrected chi connectivity index (χ3v) is 2.16. The van der Waals surface area contributed by atoms with E-state index in [1.807, 2.05) is 17.8 Å². The Morgan fingerprint density at radius 2 is 2.30 bits per heavy atom. The van der Waals surface area contributed by atoms with Gasteiger partial charge in [0, 0.05) is 12.9 Å². The molecule has 0 bridgehead atoms. The Morgan fingerprint density at radius 1 is 1.50 bits per heavy atom. The minimum Gasteiger partial charge on any atom is -0.384 e. The molecule has 0 unspecified atom stereocenters. The monoisotopic (exact) mass is 160 g/mol. The summed E-state index contributed by atoms with van der Waals surface area (Å²) in [4.78, 5) is 0. The first-order chi connectivity index (χ1) is 4.91. The molecule has 0 N–H and O–H groups in total. The van der Waals surface area contributed by atoms with Crippen LogP contribution in [0.15, 0.2) is 12.7 Å². The van der Waals surface area contributed by atoms with E-state index in [-0.39, 0.29) is 0 Å². The predicted molar refractivity (Wildman–Crippen MR) is 48.6 cm³/mol. The van der Waals surface area contributed by atoms with Crippen molar-refractivity contribution < 1.29 is 4.74 Å². The highest BCUT2D eigenvalue weighted by molar-refractivity contribution is 7.99. The minimum atomic E-state index is 0.874. The van der Waals surface area contributed by atoms with Crippen molar-refractivity contribution >= 4 is 11.8 Å². The van der Waals surface area contributed by atoms with Gasteiger partial charge in [-0.25, -0.2) is 0 Å². The molecule has 0 radical (unpaired) electrons. The summed E-state index contributed by atoms with van der Waals surface area (Å²) in [7, 11) is 1.74. The van der Waals surface area contributed by atoms with E-state index in [9.17, 15) is 0 Å². The van der Waals surface area contributed by atoms with Crippen molar-refractivity contribution in [1.82, 2.24) is 0 Å². The third kappa shape index (κ3) is 8.05. The molecule has 0 saturated heterocycles. The molecule has 2 heteroatoms. The van der Waals surface area contributed by atoms with Crippen LogP contribution in [0.5, 0.6) is 0 Å². The number of hydrogen-bond donors (Lipinski definition) is 0. The van der Waals surface area contributed by atoms with Crippen molar-refractivity contribution in [3.8, 4) is 0 Å². The van der Waals surface area contributed by atoms with Crippen LogP contribution < -0.4 is 0 Å². The number of rotatable bonds is 7. The Labute approximate surface area is 67.8 Å². The topological polar surface area (TPSA) is 9.23 Å². The van der Waals surface area contributed by atoms with E-state index in [1.54, 1.807) is 7.11 Å². The molecule has 0 saturated carbocycles. The van der Waals surface area contributed by atoms with E-state index < -0.39 is 0 Å². The fourth-order valence-electron chi connectivity index (χ4n) is 0.574. The summed E-state index contributed by atoms with van der Waals surface area (Å²) in [5.74, 6) is 2.35. The first-order valence-corrected chi connectivity index (χ1v) is 4.75. The minimum absolute atomic E-state index is 0.874. The maximum atomic E-state index is 4.91. The molecule has 1 nitrogen and oxygen atoms in total. The molecule has 0 aromatic rings. The molecule has 0 amide bonds. The molecule has 60 valence electrons. The summed E-state index contributed by atoms with van der Waals surface area (Å²) in [6.07, 6.45) is 4.36. The zero-order chi connectivity index (χ0) is 7.66. The van der Waals surface area contributed by atoms with Crippen LogP contribution in [0.3, 0.4) is 0 Å². The van der Waals surface area contributed by atoms with Crippen LogP contribution in [0.1, 0.15) is 12.8 Å². The van der Waals surface area contributed by atoms with Crippen LogP contribution in [0.25, 0.3) is 0 Å². The van der Waals surface area contributed by atoms with Gasteiger partial charge in [0.05, 0.1) is 6.61 Å². The highest BCUT2D eigenvalue weighted by Crippen LogP contribution is 2.03. The first-order valence-electron chi connectivity index (χ1n) is 3.59. The molecule has 0 aliphatic heterocycles. The van der Waals surface area contributed by atoms with Crippen molar-refractivity contribution in [1.29, 1.82) is 0 Å². The smallest absolute Gasteiger partial charge is 0.0552 e. The number of methoxy groups -OCH3 is 1. The van der Waals surface area contributed by atoms with Gasteiger partial charge in [0.15, 0.2) is 0 Å². The van der Waals surface area contributed by atoms with Gasteiger partial charge < -0.3 is 4.74 Å². The molecule has 0 aromatic carbocycles. The van der Waals surface area contributed by atoms with Gasteiger partial charge in [-0.2, -0.15) is 11.8 Å². The van der Waals surface area contributed by atoms with Crippen LogP contribution in [0.4, 0.5) is 0 Å². The molecule has 0 rings (SSSR count). The average Bonchev–Trinajstić information content (AvgIpc) is 1.97. The van der Waals surface area contributed by atoms with Crippen molar-refractivity contribution in [3.63, 3.8) is 0 Å². The summed E-state index contributed by atoms with van der Waals surface area (Å²) >= 11 is 1.94. The van der Waals surface area contributed by atoms with Gasteiger partial charge in [0.1, 0.15) is 0 Å². The molecule has 0 spiro atoms. The van der Waals surface area contributed by atoms with Gasteiger partial charge in [-0.1, -0.05) is 6.08 Å². The fraction of sp³-hybridized carbons (Fsp3) is 0.750. The van der Waals surface area contributed by atoms with E-state index >= 15 is 0 Å². The van der Waals surface area contributed by atoms with Crippen molar-refractivity contribution in [3.05, 3.63) is 12.7 Å². The molecular formula is C8H16OS. The largest absolute Gasteiger partial charge is 0.384 e. The van der Waals surface area contributed by atoms with E-state index in [0.717, 1.165) is 18.8 Å². The third-order valence-electron chi connectivity index (χ3n) is 1.13. The van der Waals surface area contributed by atoms with Crippen molar-refractivity contribution in [2.24, 2.45) is 0 Å². The summed E-state index contributed by atoms with van der Waals surface area (Å²) in [6.45, 7) is 4.53. The summed E-state index contributed by atoms with van der Waals surface area (Å²) in [5, 5.41) is 0. The average molecular weight is 160 g/mol. The van der Waals surface area contributed by atoms with Crippen LogP contribution in [-0.2, 0) is 4.74 Å². The second kappa shape index (κ2) is 9.05. The maximum absolute atomic E-state index is 4.91. The zero-order valence-electron chi connectivity index (χ0n) is 6.64. The zero-order valence-corrected chi connectivity index (χ0v) is 7.45. The van der Waals surface area contributed by atoms with Gasteiger partial charge in [0.2, 0.25) is 0 Å². The highest BCUT2D eigenvalue weighted by Gasteiger charge is 1.86. The van der Waals surface area contributed by atoms with Gasteiger partial charge in [-0.15, -0.1) is 6.58 Å². The predicted octanol–water partition coefficient (Wildman–Crippen LogP) is 2.33. The molecule has 0 heterocycles. The van der Waals surface area contributed by atoms with Crippen LogP contribution >= 0.6 is 11.8 Å². The lowest BCUT2D eigenvalue weighted by Gasteiger charge is -1.97. The Kier molecular flexibility index (Phi) is 9.10. The summed E-state index contributed by atoms with van der Waals surface area (Å²) < 4.78 is 4.91. The second-order valence-corrected chi connectivity index (χ2v) is 3.26. The highest BCUT2D eigenvalue weighted by atomic mass is 32.2. The Bertz CT molecular complexity index is 73.7. The SMILES string of the molecule is C=CCCCSCCOC. The number of ether oxygens (including phenoxy) is 1. The lowest BCUT2D eigenvalue weighted by molar-refractivity contribution is 0.218. The van der Waals surface area contributed by atoms with Crippen LogP contribution in [-0.4, -0.2) is 25.2 Å². The normalized spacial score (nSPS) is 9.70. The van der Waals surface area contributed by atoms with Gasteiger partial charge in [-0.3, -0.25) is 0 Å². The van der Waals surface area contributed by atoms with Crippen molar-refractivity contribution in [2.45, 2.75) is 12.8 Å². The Hall–Kier alpha value is 0.0500. The van der Waals surface area contributed by atoms with Gasteiger partial charge in [0.25, 0.3) is 0 Å². The van der Waals surface area contributed by atoms with E-state index in [4.69, 9.17) is 4.74 Å². The second-order valence-electron chi connectivity index (χ2n) is 2.04. The molecular weight excluding hydrogens is 144 g/mol. The molecule has 0 atom stereocenters. The van der Waals surface area contributed by atoms with Crippen LogP contribution in [0, 0.1) is 0 Å². The lowest BCUT2D eigenvalue weighted by Crippen LogP contribution is -1.92. The molecule has 0 aliphatic carbocycles. The van der Waals surface area contributed by atoms with Gasteiger partial charge in [-0.05, 0) is 18.6 Å². The lowest BCUT2D eigenvalue weighted by atomic mass is 10.3. The Morgan fingerprint density at radius 3 is 2.90 bits per heavy atom. The van der Waals surface area contributed by atoms with E-state index in [1.165, 1.54) is 12.2 Å². The van der Waals surface area contributed by atoms with Crippen molar-refractivity contribution in [2.75, 3.05) is 25.2 Å². The molecule has 0 aromatic heterocycles. The van der Waals surface area contributed by atoms with E-state index in [0.29, 0.717) is 0 Å². The number of thioether (sulfide) groups is 1. The number of allylic oxidation sites excluding steroid dienone is 1. The van der Waals surface area contributed by atoms with E-state index in [2.05, 4.69) is 6.58 Å². The number of unbranched alkanes of at least 4 members (excludes halogenated alkanes) is 1. The summed E-state index contributed by atoms with van der Waals surface area (Å²) in [6, 6.07) is 0. The molecule has 10 heavy (non-hydrogen) atoms. The Balaban J connectivity index is 2.70. The fourth-order valence-corrected chi connectivity index (χ4v) is 1.43. The van der Waals surface area contributed by atoms with Crippen LogP contribution in [0.2, 0.25) is 0 Å². The standard InChI is InChI=1S/C8H16OS/c1-3-4-5-7-10-8-6-9-2/h3H,1,4-8H2,2H3. The first kappa shape index (κ1) is 10.0. The maximum Gasteiger partial charge on any atom is 0.0552 e. The quantitative estimate of drug-likeness (QED) is 0.417. The number of hydrogen-bond acceptors (Lipinski definition) is 2. The molecule has 0 fully saturated rings.